The molecule has 0 unspecified atom stereocenters. The van der Waals surface area contributed by atoms with Crippen LogP contribution >= 0.6 is 0 Å². The third kappa shape index (κ3) is 5.76. The number of rotatable bonds is 4. The van der Waals surface area contributed by atoms with Crippen molar-refractivity contribution in [3.63, 3.8) is 0 Å². The van der Waals surface area contributed by atoms with Crippen molar-refractivity contribution in [3.05, 3.63) is 71.8 Å². The Hall–Kier alpha value is -0.986. The van der Waals surface area contributed by atoms with E-state index in [-0.39, 0.29) is 28.6 Å². The fourth-order valence-electron chi connectivity index (χ4n) is 1.54. The van der Waals surface area contributed by atoms with E-state index in [1.54, 1.807) is 0 Å². The second-order valence-corrected chi connectivity index (χ2v) is 5.46. The molecular weight excluding hydrogens is 254 g/mol. The molecule has 2 aromatic rings. The molecule has 2 aromatic carbocycles. The first-order valence-corrected chi connectivity index (χ1v) is 7.44. The Bertz CT molecular complexity index is 350. The molecule has 3 heteroatoms. The van der Waals surface area contributed by atoms with Crippen molar-refractivity contribution in [2.24, 2.45) is 0 Å². The zero-order chi connectivity index (χ0) is 10.3. The zero-order valence-electron chi connectivity index (χ0n) is 9.50. The van der Waals surface area contributed by atoms with E-state index < -0.39 is 0 Å². The molecule has 0 spiro atoms. The standard InChI is InChI=1S/2C7H7.2FH.Ti/c2*1-7-5-3-2-4-6-7;;;/h2*2-6H,1H2;2*1H;. The number of hydrogen-bond acceptors (Lipinski definition) is 0. The van der Waals surface area contributed by atoms with Crippen LogP contribution in [-0.2, 0) is 28.6 Å². The van der Waals surface area contributed by atoms with E-state index in [2.05, 4.69) is 60.7 Å². The first-order chi connectivity index (χ1) is 7.45. The topological polar surface area (TPSA) is 0 Å². The van der Waals surface area contributed by atoms with E-state index >= 15 is 0 Å². The van der Waals surface area contributed by atoms with Gasteiger partial charge in [0.1, 0.15) is 0 Å². The predicted octanol–water partition coefficient (Wildman–Crippen LogP) is 3.77. The monoisotopic (exact) mass is 270 g/mol. The summed E-state index contributed by atoms with van der Waals surface area (Å²) in [4.78, 5) is 0. The summed E-state index contributed by atoms with van der Waals surface area (Å²) in [6.45, 7) is 0. The van der Waals surface area contributed by atoms with Gasteiger partial charge in [0, 0.05) is 0 Å². The number of hydrogen-bond donors (Lipinski definition) is 0. The second-order valence-electron chi connectivity index (χ2n) is 3.57. The maximum absolute atomic E-state index is 2.23. The summed E-state index contributed by atoms with van der Waals surface area (Å²) in [5.41, 5.74) is 2.99. The summed E-state index contributed by atoms with van der Waals surface area (Å²) < 4.78 is 2.60. The van der Waals surface area contributed by atoms with Crippen LogP contribution in [0.15, 0.2) is 60.7 Å². The van der Waals surface area contributed by atoms with Gasteiger partial charge in [-0.25, -0.2) is 0 Å². The predicted molar refractivity (Wildman–Crippen MR) is 65.3 cm³/mol. The third-order valence-corrected chi connectivity index (χ3v) is 4.40. The summed E-state index contributed by atoms with van der Waals surface area (Å²) >= 11 is 0.136. The Labute approximate surface area is 110 Å². The second kappa shape index (κ2) is 9.09. The van der Waals surface area contributed by atoms with E-state index in [0.29, 0.717) is 0 Å². The Morgan fingerprint density at radius 1 is 0.588 bits per heavy atom. The Morgan fingerprint density at radius 3 is 1.29 bits per heavy atom. The summed E-state index contributed by atoms with van der Waals surface area (Å²) in [6.07, 6.45) is 0. The number of benzene rings is 2. The van der Waals surface area contributed by atoms with E-state index in [1.807, 2.05) is 0 Å². The van der Waals surface area contributed by atoms with E-state index in [4.69, 9.17) is 0 Å². The van der Waals surface area contributed by atoms with Crippen LogP contribution in [0.4, 0.5) is 9.41 Å². The molecule has 17 heavy (non-hydrogen) atoms. The SMILES string of the molecule is F.F.c1ccc([CH2][Ti][CH2]c2ccccc2)cc1. The summed E-state index contributed by atoms with van der Waals surface area (Å²) in [7, 11) is 0. The zero-order valence-corrected chi connectivity index (χ0v) is 11.1. The average Bonchev–Trinajstić information content (AvgIpc) is 2.32. The molecule has 2 rings (SSSR count). The van der Waals surface area contributed by atoms with Gasteiger partial charge in [-0.15, -0.1) is 0 Å². The van der Waals surface area contributed by atoms with Crippen LogP contribution in [-0.4, -0.2) is 0 Å². The molecule has 0 aliphatic rings. The van der Waals surface area contributed by atoms with Gasteiger partial charge in [-0.3, -0.25) is 9.41 Å². The van der Waals surface area contributed by atoms with Gasteiger partial charge < -0.3 is 0 Å². The van der Waals surface area contributed by atoms with Crippen LogP contribution in [0, 0.1) is 0 Å². The molecule has 0 fully saturated rings. The van der Waals surface area contributed by atoms with Gasteiger partial charge in [-0.05, 0) is 0 Å². The van der Waals surface area contributed by atoms with Crippen molar-refractivity contribution < 1.29 is 28.6 Å². The molecule has 0 heterocycles. The normalized spacial score (nSPS) is 8.71. The molecule has 90 valence electrons. The molecule has 0 nitrogen and oxygen atoms in total. The van der Waals surface area contributed by atoms with Crippen molar-refractivity contribution in [1.29, 1.82) is 0 Å². The molecule has 0 aliphatic heterocycles. The first kappa shape index (κ1) is 16.0. The van der Waals surface area contributed by atoms with Gasteiger partial charge in [0.2, 0.25) is 0 Å². The quantitative estimate of drug-likeness (QED) is 0.742. The van der Waals surface area contributed by atoms with Crippen molar-refractivity contribution in [1.82, 2.24) is 0 Å². The van der Waals surface area contributed by atoms with Crippen LogP contribution in [0.25, 0.3) is 0 Å². The minimum absolute atomic E-state index is 0. The van der Waals surface area contributed by atoms with Crippen LogP contribution in [0.1, 0.15) is 11.1 Å². The minimum atomic E-state index is 0. The first-order valence-electron chi connectivity index (χ1n) is 5.24. The molecule has 0 amide bonds. The summed E-state index contributed by atoms with van der Waals surface area (Å²) in [5.74, 6) is 0. The van der Waals surface area contributed by atoms with E-state index in [0.717, 1.165) is 0 Å². The van der Waals surface area contributed by atoms with Crippen molar-refractivity contribution in [3.8, 4) is 0 Å². The molecule has 0 saturated heterocycles. The molecule has 0 radical (unpaired) electrons. The van der Waals surface area contributed by atoms with Crippen LogP contribution < -0.4 is 0 Å². The fourth-order valence-corrected chi connectivity index (χ4v) is 3.38. The average molecular weight is 270 g/mol. The molecule has 0 aromatic heterocycles. The van der Waals surface area contributed by atoms with Gasteiger partial charge >= 0.3 is 100 Å². The fraction of sp³-hybridized carbons (Fsp3) is 0.143. The van der Waals surface area contributed by atoms with E-state index in [9.17, 15) is 0 Å². The van der Waals surface area contributed by atoms with Gasteiger partial charge in [-0.2, -0.15) is 0 Å². The van der Waals surface area contributed by atoms with Crippen molar-refractivity contribution in [2.75, 3.05) is 0 Å². The van der Waals surface area contributed by atoms with Crippen molar-refractivity contribution in [2.45, 2.75) is 9.45 Å². The summed E-state index contributed by atoms with van der Waals surface area (Å²) in [5, 5.41) is 0. The Balaban J connectivity index is 0.00000128. The van der Waals surface area contributed by atoms with Crippen LogP contribution in [0.3, 0.4) is 0 Å². The van der Waals surface area contributed by atoms with Gasteiger partial charge in [-0.1, -0.05) is 0 Å². The molecule has 0 atom stereocenters. The van der Waals surface area contributed by atoms with Gasteiger partial charge in [0.15, 0.2) is 0 Å². The Morgan fingerprint density at radius 2 is 0.941 bits per heavy atom. The van der Waals surface area contributed by atoms with Crippen molar-refractivity contribution >= 4 is 0 Å². The summed E-state index contributed by atoms with van der Waals surface area (Å²) in [6, 6.07) is 21.6. The molecule has 0 N–H and O–H groups in total. The molecule has 0 aliphatic carbocycles. The third-order valence-electron chi connectivity index (χ3n) is 2.34. The molecular formula is C14H16F2Ti. The van der Waals surface area contributed by atoms with Gasteiger partial charge in [0.05, 0.1) is 0 Å². The van der Waals surface area contributed by atoms with Crippen LogP contribution in [0.2, 0.25) is 0 Å². The molecule has 0 bridgehead atoms. The van der Waals surface area contributed by atoms with E-state index in [1.165, 1.54) is 20.6 Å². The molecule has 0 saturated carbocycles. The number of halogens is 2. The van der Waals surface area contributed by atoms with Gasteiger partial charge in [0.25, 0.3) is 0 Å². The van der Waals surface area contributed by atoms with Crippen LogP contribution in [0.5, 0.6) is 0 Å². The maximum atomic E-state index is 2.23. The Kier molecular flexibility index (Phi) is 8.56.